The van der Waals surface area contributed by atoms with Gasteiger partial charge in [0.25, 0.3) is 11.8 Å². The third-order valence-corrected chi connectivity index (χ3v) is 6.36. The maximum Gasteiger partial charge on any atom is 0.335 e. The topological polar surface area (TPSA) is 95.9 Å². The lowest BCUT2D eigenvalue weighted by Gasteiger charge is -2.29. The van der Waals surface area contributed by atoms with Crippen molar-refractivity contribution in [3.8, 4) is 5.75 Å². The summed E-state index contributed by atoms with van der Waals surface area (Å²) in [6.45, 7) is 2.44. The summed E-state index contributed by atoms with van der Waals surface area (Å²) < 4.78 is 6.74. The van der Waals surface area contributed by atoms with Gasteiger partial charge in [0.2, 0.25) is 0 Å². The predicted molar refractivity (Wildman–Crippen MR) is 144 cm³/mol. The van der Waals surface area contributed by atoms with Crippen LogP contribution in [0.15, 0.2) is 72.3 Å². The van der Waals surface area contributed by atoms with Crippen LogP contribution in [0.2, 0.25) is 0 Å². The van der Waals surface area contributed by atoms with Gasteiger partial charge in [-0.3, -0.25) is 19.8 Å². The zero-order chi connectivity index (χ0) is 25.1. The fourth-order valence-electron chi connectivity index (χ4n) is 3.41. The molecule has 1 aliphatic heterocycles. The Hall–Kier alpha value is -3.57. The van der Waals surface area contributed by atoms with Crippen LogP contribution in [0.3, 0.4) is 0 Å². The van der Waals surface area contributed by atoms with Crippen molar-refractivity contribution in [1.82, 2.24) is 5.32 Å². The van der Waals surface area contributed by atoms with Crippen LogP contribution in [0.25, 0.3) is 6.08 Å². The number of hydrogen-bond donors (Lipinski definition) is 2. The molecule has 0 spiro atoms. The molecular formula is C26H19IN2O5S. The third-order valence-electron chi connectivity index (χ3n) is 5.23. The number of aryl methyl sites for hydroxylation is 1. The number of benzene rings is 3. The zero-order valence-corrected chi connectivity index (χ0v) is 21.4. The standard InChI is InChI=1S/C26H19IN2O5S/c1-15-5-7-16(8-6-15)14-34-22-10-9-17(12-21(22)27)11-20-23(30)28-26(35)29(24(20)31)19-4-2-3-18(13-19)25(32)33/h2-13H,14H2,1H3,(H,32,33)(H,28,30,35). The maximum atomic E-state index is 13.2. The highest BCUT2D eigenvalue weighted by molar-refractivity contribution is 14.1. The molecule has 3 aromatic rings. The van der Waals surface area contributed by atoms with Crippen LogP contribution in [0, 0.1) is 10.5 Å². The molecule has 176 valence electrons. The van der Waals surface area contributed by atoms with Gasteiger partial charge < -0.3 is 9.84 Å². The van der Waals surface area contributed by atoms with E-state index in [4.69, 9.17) is 17.0 Å². The molecule has 0 aromatic heterocycles. The van der Waals surface area contributed by atoms with Gasteiger partial charge in [-0.05, 0) is 89.3 Å². The van der Waals surface area contributed by atoms with E-state index in [9.17, 15) is 19.5 Å². The molecule has 0 bridgehead atoms. The number of carbonyl (C=O) groups is 3. The lowest BCUT2D eigenvalue weighted by atomic mass is 10.1. The van der Waals surface area contributed by atoms with Gasteiger partial charge >= 0.3 is 5.97 Å². The van der Waals surface area contributed by atoms with E-state index >= 15 is 0 Å². The number of carboxylic acids is 1. The summed E-state index contributed by atoms with van der Waals surface area (Å²) >= 11 is 7.32. The highest BCUT2D eigenvalue weighted by Crippen LogP contribution is 2.27. The molecule has 0 unspecified atom stereocenters. The number of rotatable bonds is 6. The summed E-state index contributed by atoms with van der Waals surface area (Å²) in [6.07, 6.45) is 1.47. The molecule has 1 fully saturated rings. The lowest BCUT2D eigenvalue weighted by molar-refractivity contribution is -0.122. The molecule has 7 nitrogen and oxygen atoms in total. The largest absolute Gasteiger partial charge is 0.488 e. The Balaban J connectivity index is 1.57. The average Bonchev–Trinajstić information content (AvgIpc) is 2.82. The number of halogens is 1. The fraction of sp³-hybridized carbons (Fsp3) is 0.0769. The summed E-state index contributed by atoms with van der Waals surface area (Å²) in [7, 11) is 0. The van der Waals surface area contributed by atoms with Crippen molar-refractivity contribution in [2.75, 3.05) is 4.90 Å². The van der Waals surface area contributed by atoms with Crippen molar-refractivity contribution in [1.29, 1.82) is 0 Å². The van der Waals surface area contributed by atoms with Gasteiger partial charge in [-0.25, -0.2) is 4.79 Å². The van der Waals surface area contributed by atoms with Crippen molar-refractivity contribution in [3.05, 3.63) is 98.1 Å². The van der Waals surface area contributed by atoms with Crippen LogP contribution in [-0.2, 0) is 16.2 Å². The molecule has 0 atom stereocenters. The van der Waals surface area contributed by atoms with Crippen LogP contribution in [0.5, 0.6) is 5.75 Å². The number of carbonyl (C=O) groups excluding carboxylic acids is 2. The monoisotopic (exact) mass is 598 g/mol. The van der Waals surface area contributed by atoms with Crippen LogP contribution >= 0.6 is 34.8 Å². The smallest absolute Gasteiger partial charge is 0.335 e. The summed E-state index contributed by atoms with van der Waals surface area (Å²) in [5, 5.41) is 11.6. The van der Waals surface area contributed by atoms with Crippen molar-refractivity contribution < 1.29 is 24.2 Å². The Morgan fingerprint density at radius 3 is 2.54 bits per heavy atom. The van der Waals surface area contributed by atoms with E-state index in [-0.39, 0.29) is 21.9 Å². The Kier molecular flexibility index (Phi) is 7.27. The molecule has 3 aromatic carbocycles. The first-order valence-electron chi connectivity index (χ1n) is 10.5. The van der Waals surface area contributed by atoms with E-state index < -0.39 is 17.8 Å². The first kappa shape index (κ1) is 24.6. The summed E-state index contributed by atoms with van der Waals surface area (Å²) in [4.78, 5) is 38.2. The summed E-state index contributed by atoms with van der Waals surface area (Å²) in [5.41, 5.74) is 2.98. The van der Waals surface area contributed by atoms with Crippen LogP contribution in [-0.4, -0.2) is 28.0 Å². The molecule has 0 radical (unpaired) electrons. The number of nitrogens with one attached hydrogen (secondary N) is 1. The van der Waals surface area contributed by atoms with Gasteiger partial charge in [0, 0.05) is 0 Å². The molecular weight excluding hydrogens is 579 g/mol. The number of amides is 2. The van der Waals surface area contributed by atoms with E-state index in [1.807, 2.05) is 31.2 Å². The fourth-order valence-corrected chi connectivity index (χ4v) is 4.38. The highest BCUT2D eigenvalue weighted by Gasteiger charge is 2.34. The molecule has 0 saturated carbocycles. The van der Waals surface area contributed by atoms with Crippen LogP contribution < -0.4 is 15.0 Å². The van der Waals surface area contributed by atoms with Crippen molar-refractivity contribution in [3.63, 3.8) is 0 Å². The van der Waals surface area contributed by atoms with Crippen molar-refractivity contribution in [2.45, 2.75) is 13.5 Å². The molecule has 0 aliphatic carbocycles. The lowest BCUT2D eigenvalue weighted by Crippen LogP contribution is -2.54. The Bertz CT molecular complexity index is 1380. The summed E-state index contributed by atoms with van der Waals surface area (Å²) in [6, 6.07) is 19.2. The zero-order valence-electron chi connectivity index (χ0n) is 18.4. The second-order valence-electron chi connectivity index (χ2n) is 7.78. The molecule has 1 heterocycles. The second kappa shape index (κ2) is 10.4. The van der Waals surface area contributed by atoms with Gasteiger partial charge in [-0.15, -0.1) is 0 Å². The number of thiocarbonyl (C=S) groups is 1. The average molecular weight is 598 g/mol. The second-order valence-corrected chi connectivity index (χ2v) is 9.33. The minimum atomic E-state index is -1.14. The van der Waals surface area contributed by atoms with Gasteiger partial charge in [-0.2, -0.15) is 0 Å². The molecule has 2 N–H and O–H groups in total. The number of carboxylic acid groups (broad SMARTS) is 1. The number of nitrogens with zero attached hydrogens (tertiary/aromatic N) is 1. The van der Waals surface area contributed by atoms with Gasteiger partial charge in [0.15, 0.2) is 5.11 Å². The Morgan fingerprint density at radius 2 is 1.86 bits per heavy atom. The quantitative estimate of drug-likeness (QED) is 0.185. The van der Waals surface area contributed by atoms with Crippen LogP contribution in [0.4, 0.5) is 5.69 Å². The van der Waals surface area contributed by atoms with Gasteiger partial charge in [0.05, 0.1) is 14.8 Å². The number of ether oxygens (including phenoxy) is 1. The number of hydrogen-bond acceptors (Lipinski definition) is 5. The molecule has 35 heavy (non-hydrogen) atoms. The minimum Gasteiger partial charge on any atom is -0.488 e. The van der Waals surface area contributed by atoms with E-state index in [1.54, 1.807) is 24.3 Å². The van der Waals surface area contributed by atoms with Crippen LogP contribution in [0.1, 0.15) is 27.0 Å². The van der Waals surface area contributed by atoms with Gasteiger partial charge in [0.1, 0.15) is 17.9 Å². The van der Waals surface area contributed by atoms with E-state index in [0.29, 0.717) is 17.9 Å². The molecule has 2 amide bonds. The molecule has 9 heteroatoms. The number of aromatic carboxylic acids is 1. The predicted octanol–water partition coefficient (Wildman–Crippen LogP) is 4.71. The molecule has 4 rings (SSSR count). The number of anilines is 1. The van der Waals surface area contributed by atoms with Crippen molar-refractivity contribution in [2.24, 2.45) is 0 Å². The van der Waals surface area contributed by atoms with Gasteiger partial charge in [-0.1, -0.05) is 42.0 Å². The SMILES string of the molecule is Cc1ccc(COc2ccc(C=C3C(=O)NC(=S)N(c4cccc(C(=O)O)c4)C3=O)cc2I)cc1. The van der Waals surface area contributed by atoms with E-state index in [2.05, 4.69) is 27.9 Å². The molecule has 1 saturated heterocycles. The first-order valence-corrected chi connectivity index (χ1v) is 11.9. The Morgan fingerprint density at radius 1 is 1.11 bits per heavy atom. The Labute approximate surface area is 220 Å². The maximum absolute atomic E-state index is 13.2. The van der Waals surface area contributed by atoms with E-state index in [1.165, 1.54) is 29.8 Å². The van der Waals surface area contributed by atoms with E-state index in [0.717, 1.165) is 14.0 Å². The molecule has 1 aliphatic rings. The van der Waals surface area contributed by atoms with Crippen molar-refractivity contribution >= 4 is 69.5 Å². The first-order chi connectivity index (χ1) is 16.7. The minimum absolute atomic E-state index is 0.00342. The normalized spacial score (nSPS) is 14.7. The summed E-state index contributed by atoms with van der Waals surface area (Å²) in [5.74, 6) is -1.72. The highest BCUT2D eigenvalue weighted by atomic mass is 127. The third kappa shape index (κ3) is 5.57.